The summed E-state index contributed by atoms with van der Waals surface area (Å²) in [5, 5.41) is 0. The van der Waals surface area contributed by atoms with Crippen molar-refractivity contribution in [2.75, 3.05) is 13.1 Å². The highest BCUT2D eigenvalue weighted by atomic mass is 15.2. The number of nitrogens with zero attached hydrogens (tertiary/aromatic N) is 1. The molecule has 0 amide bonds. The number of rotatable bonds is 3. The average Bonchev–Trinajstić information content (AvgIpc) is 2.49. The second-order valence-electron chi connectivity index (χ2n) is 5.18. The van der Waals surface area contributed by atoms with Gasteiger partial charge in [-0.3, -0.25) is 0 Å². The fourth-order valence-electron chi connectivity index (χ4n) is 2.54. The van der Waals surface area contributed by atoms with Gasteiger partial charge in [0.05, 0.1) is 0 Å². The molecule has 1 heteroatoms. The van der Waals surface area contributed by atoms with E-state index in [0.717, 1.165) is 12.0 Å². The van der Waals surface area contributed by atoms with Crippen LogP contribution in [0.4, 0.5) is 0 Å². The molecule has 1 rings (SSSR count). The fourth-order valence-corrected chi connectivity index (χ4v) is 2.54. The van der Waals surface area contributed by atoms with E-state index in [1.54, 1.807) is 0 Å². The lowest BCUT2D eigenvalue weighted by atomic mass is 9.74. The third-order valence-corrected chi connectivity index (χ3v) is 4.07. The molecule has 1 heterocycles. The van der Waals surface area contributed by atoms with Gasteiger partial charge in [-0.1, -0.05) is 20.8 Å². The van der Waals surface area contributed by atoms with Crippen molar-refractivity contribution in [3.63, 3.8) is 0 Å². The van der Waals surface area contributed by atoms with E-state index in [9.17, 15) is 0 Å². The van der Waals surface area contributed by atoms with Gasteiger partial charge in [0.2, 0.25) is 0 Å². The smallest absolute Gasteiger partial charge is 0.00435 e. The molecule has 1 unspecified atom stereocenters. The van der Waals surface area contributed by atoms with E-state index >= 15 is 0 Å². The standard InChI is InChI=1S/C12H25N/c1-6-12(10(2)3)7-8-13(9-12)11(4)5/h10-11H,6-9H2,1-5H3. The Hall–Kier alpha value is -0.0400. The summed E-state index contributed by atoms with van der Waals surface area (Å²) in [5.41, 5.74) is 0.615. The summed E-state index contributed by atoms with van der Waals surface area (Å²) >= 11 is 0. The maximum Gasteiger partial charge on any atom is 0.00435 e. The van der Waals surface area contributed by atoms with Crippen molar-refractivity contribution in [3.8, 4) is 0 Å². The molecule has 13 heavy (non-hydrogen) atoms. The van der Waals surface area contributed by atoms with Crippen LogP contribution < -0.4 is 0 Å². The van der Waals surface area contributed by atoms with Crippen LogP contribution in [0, 0.1) is 11.3 Å². The van der Waals surface area contributed by atoms with Crippen LogP contribution in [0.2, 0.25) is 0 Å². The second kappa shape index (κ2) is 4.00. The van der Waals surface area contributed by atoms with Crippen LogP contribution in [-0.2, 0) is 0 Å². The minimum absolute atomic E-state index is 0.615. The summed E-state index contributed by atoms with van der Waals surface area (Å²) in [6, 6.07) is 0.729. The Morgan fingerprint density at radius 2 is 1.85 bits per heavy atom. The van der Waals surface area contributed by atoms with Gasteiger partial charge in [-0.2, -0.15) is 0 Å². The molecule has 1 aliphatic rings. The molecule has 0 bridgehead atoms. The zero-order valence-corrected chi connectivity index (χ0v) is 9.93. The van der Waals surface area contributed by atoms with E-state index in [1.807, 2.05) is 0 Å². The Bertz CT molecular complexity index is 163. The molecule has 1 nitrogen and oxygen atoms in total. The van der Waals surface area contributed by atoms with Crippen molar-refractivity contribution in [1.29, 1.82) is 0 Å². The SMILES string of the molecule is CCC1(C(C)C)CCN(C(C)C)C1. The van der Waals surface area contributed by atoms with Crippen LogP contribution in [0.3, 0.4) is 0 Å². The second-order valence-corrected chi connectivity index (χ2v) is 5.18. The minimum atomic E-state index is 0.615. The molecule has 1 atom stereocenters. The van der Waals surface area contributed by atoms with Crippen LogP contribution in [0.5, 0.6) is 0 Å². The number of hydrogen-bond acceptors (Lipinski definition) is 1. The summed E-state index contributed by atoms with van der Waals surface area (Å²) < 4.78 is 0. The summed E-state index contributed by atoms with van der Waals surface area (Å²) in [7, 11) is 0. The molecule has 1 fully saturated rings. The third kappa shape index (κ3) is 2.07. The minimum Gasteiger partial charge on any atom is -0.300 e. The van der Waals surface area contributed by atoms with E-state index in [2.05, 4.69) is 39.5 Å². The topological polar surface area (TPSA) is 3.24 Å². The molecule has 0 radical (unpaired) electrons. The Balaban J connectivity index is 2.63. The van der Waals surface area contributed by atoms with Gasteiger partial charge in [0.15, 0.2) is 0 Å². The zero-order chi connectivity index (χ0) is 10.1. The van der Waals surface area contributed by atoms with E-state index in [0.29, 0.717) is 5.41 Å². The fraction of sp³-hybridized carbons (Fsp3) is 1.00. The first-order chi connectivity index (χ1) is 6.02. The molecule has 0 saturated carbocycles. The van der Waals surface area contributed by atoms with Gasteiger partial charge >= 0.3 is 0 Å². The Kier molecular flexibility index (Phi) is 3.39. The highest BCUT2D eigenvalue weighted by molar-refractivity contribution is 4.91. The van der Waals surface area contributed by atoms with Gasteiger partial charge in [-0.25, -0.2) is 0 Å². The van der Waals surface area contributed by atoms with Gasteiger partial charge < -0.3 is 4.90 Å². The zero-order valence-electron chi connectivity index (χ0n) is 9.93. The summed E-state index contributed by atoms with van der Waals surface area (Å²) in [4.78, 5) is 2.63. The number of hydrogen-bond donors (Lipinski definition) is 0. The molecule has 0 aliphatic carbocycles. The highest BCUT2D eigenvalue weighted by Gasteiger charge is 2.39. The predicted molar refractivity (Wildman–Crippen MR) is 58.9 cm³/mol. The van der Waals surface area contributed by atoms with Crippen LogP contribution in [-0.4, -0.2) is 24.0 Å². The van der Waals surface area contributed by atoms with Gasteiger partial charge in [0.25, 0.3) is 0 Å². The van der Waals surface area contributed by atoms with Crippen molar-refractivity contribution >= 4 is 0 Å². The molecular formula is C12H25N. The molecule has 0 aromatic rings. The third-order valence-electron chi connectivity index (χ3n) is 4.07. The summed E-state index contributed by atoms with van der Waals surface area (Å²) in [6.07, 6.45) is 2.74. The molecule has 1 saturated heterocycles. The Morgan fingerprint density at radius 3 is 2.08 bits per heavy atom. The Morgan fingerprint density at radius 1 is 1.23 bits per heavy atom. The molecule has 78 valence electrons. The van der Waals surface area contributed by atoms with Gasteiger partial charge in [-0.15, -0.1) is 0 Å². The van der Waals surface area contributed by atoms with Crippen molar-refractivity contribution in [2.45, 2.75) is 53.5 Å². The average molecular weight is 183 g/mol. The molecular weight excluding hydrogens is 158 g/mol. The lowest BCUT2D eigenvalue weighted by Gasteiger charge is -2.33. The van der Waals surface area contributed by atoms with Gasteiger partial charge in [-0.05, 0) is 44.6 Å². The van der Waals surface area contributed by atoms with Crippen molar-refractivity contribution in [1.82, 2.24) is 4.90 Å². The van der Waals surface area contributed by atoms with Crippen LogP contribution in [0.25, 0.3) is 0 Å². The van der Waals surface area contributed by atoms with Gasteiger partial charge in [0, 0.05) is 12.6 Å². The van der Waals surface area contributed by atoms with E-state index < -0.39 is 0 Å². The molecule has 0 N–H and O–H groups in total. The van der Waals surface area contributed by atoms with Crippen molar-refractivity contribution in [2.24, 2.45) is 11.3 Å². The van der Waals surface area contributed by atoms with Crippen LogP contribution >= 0.6 is 0 Å². The molecule has 0 aromatic heterocycles. The summed E-state index contributed by atoms with van der Waals surface area (Å²) in [5.74, 6) is 0.834. The predicted octanol–water partition coefficient (Wildman–Crippen LogP) is 3.15. The van der Waals surface area contributed by atoms with E-state index in [-0.39, 0.29) is 0 Å². The maximum atomic E-state index is 2.63. The largest absolute Gasteiger partial charge is 0.300 e. The molecule has 0 aromatic carbocycles. The molecule has 0 spiro atoms. The van der Waals surface area contributed by atoms with Gasteiger partial charge in [0.1, 0.15) is 0 Å². The quantitative estimate of drug-likeness (QED) is 0.649. The Labute approximate surface area is 83.5 Å². The lowest BCUT2D eigenvalue weighted by molar-refractivity contribution is 0.163. The van der Waals surface area contributed by atoms with E-state index in [4.69, 9.17) is 0 Å². The lowest BCUT2D eigenvalue weighted by Crippen LogP contribution is -2.34. The molecule has 1 aliphatic heterocycles. The normalized spacial score (nSPS) is 30.7. The van der Waals surface area contributed by atoms with Crippen LogP contribution in [0.1, 0.15) is 47.5 Å². The van der Waals surface area contributed by atoms with Crippen molar-refractivity contribution < 1.29 is 0 Å². The monoisotopic (exact) mass is 183 g/mol. The van der Waals surface area contributed by atoms with Crippen molar-refractivity contribution in [3.05, 3.63) is 0 Å². The highest BCUT2D eigenvalue weighted by Crippen LogP contribution is 2.41. The number of likely N-dealkylation sites (tertiary alicyclic amines) is 1. The first-order valence-corrected chi connectivity index (χ1v) is 5.76. The van der Waals surface area contributed by atoms with E-state index in [1.165, 1.54) is 25.9 Å². The summed E-state index contributed by atoms with van der Waals surface area (Å²) in [6.45, 7) is 14.4. The first kappa shape index (κ1) is 11.0. The maximum absolute atomic E-state index is 2.63. The first-order valence-electron chi connectivity index (χ1n) is 5.76. The van der Waals surface area contributed by atoms with Crippen LogP contribution in [0.15, 0.2) is 0 Å².